The van der Waals surface area contributed by atoms with Crippen molar-refractivity contribution in [2.24, 2.45) is 0 Å². The van der Waals surface area contributed by atoms with Gasteiger partial charge < -0.3 is 14.0 Å². The topological polar surface area (TPSA) is 89.9 Å². The molecule has 0 saturated carbocycles. The van der Waals surface area contributed by atoms with Crippen LogP contribution in [0.1, 0.15) is 12.5 Å². The molecule has 6 nitrogen and oxygen atoms in total. The van der Waals surface area contributed by atoms with Gasteiger partial charge in [0.1, 0.15) is 27.7 Å². The molecular weight excluding hydrogens is 392 g/mol. The van der Waals surface area contributed by atoms with Crippen LogP contribution in [0.3, 0.4) is 0 Å². The summed E-state index contributed by atoms with van der Waals surface area (Å²) in [5.74, 6) is -0.673. The Hall–Kier alpha value is -3.58. The third-order valence-corrected chi connectivity index (χ3v) is 5.20. The molecule has 3 aromatic carbocycles. The smallest absolute Gasteiger partial charge is 0.339 e. The Balaban J connectivity index is 1.87. The molecule has 0 bridgehead atoms. The summed E-state index contributed by atoms with van der Waals surface area (Å²) in [5.41, 5.74) is 0.505. The highest BCUT2D eigenvalue weighted by Gasteiger charge is 2.18. The predicted octanol–water partition coefficient (Wildman–Crippen LogP) is 4.35. The van der Waals surface area contributed by atoms with E-state index in [1.807, 2.05) is 0 Å². The molecule has 0 saturated heterocycles. The van der Waals surface area contributed by atoms with E-state index in [2.05, 4.69) is 0 Å². The second-order valence-corrected chi connectivity index (χ2v) is 7.58. The van der Waals surface area contributed by atoms with Crippen LogP contribution >= 0.6 is 0 Å². The molecule has 0 radical (unpaired) electrons. The first-order valence-corrected chi connectivity index (χ1v) is 10.0. The van der Waals surface area contributed by atoms with E-state index in [-0.39, 0.29) is 27.7 Å². The normalized spacial score (nSPS) is 12.0. The first-order chi connectivity index (χ1) is 13.9. The Morgan fingerprint density at radius 2 is 1.41 bits per heavy atom. The van der Waals surface area contributed by atoms with Crippen LogP contribution in [0.4, 0.5) is 0 Å². The van der Waals surface area contributed by atoms with E-state index >= 15 is 0 Å². The van der Waals surface area contributed by atoms with E-state index in [0.717, 1.165) is 0 Å². The summed E-state index contributed by atoms with van der Waals surface area (Å²) in [7, 11) is -3.99. The van der Waals surface area contributed by atoms with Crippen LogP contribution < -0.4 is 8.92 Å². The highest BCUT2D eigenvalue weighted by atomic mass is 32.2. The minimum absolute atomic E-state index is 0.00817. The quantitative estimate of drug-likeness (QED) is 0.354. The van der Waals surface area contributed by atoms with Gasteiger partial charge in [-0.3, -0.25) is 0 Å². The van der Waals surface area contributed by atoms with Crippen molar-refractivity contribution in [3.8, 4) is 11.5 Å². The van der Waals surface area contributed by atoms with E-state index in [1.54, 1.807) is 60.7 Å². The van der Waals surface area contributed by atoms with Crippen LogP contribution in [0.2, 0.25) is 0 Å². The monoisotopic (exact) mass is 410 g/mol. The minimum atomic E-state index is -3.99. The number of carboxylic acids is 1. The Morgan fingerprint density at radius 3 is 2.03 bits per heavy atom. The molecule has 3 aromatic rings. The molecular formula is C22H18O6S. The molecule has 3 rings (SSSR count). The van der Waals surface area contributed by atoms with Crippen molar-refractivity contribution in [3.63, 3.8) is 0 Å². The van der Waals surface area contributed by atoms with Gasteiger partial charge in [-0.1, -0.05) is 54.6 Å². The molecule has 1 N–H and O–H groups in total. The second-order valence-electron chi connectivity index (χ2n) is 6.03. The summed E-state index contributed by atoms with van der Waals surface area (Å²) in [6, 6.07) is 22.3. The molecule has 0 heterocycles. The summed E-state index contributed by atoms with van der Waals surface area (Å²) in [6.07, 6.45) is 0. The van der Waals surface area contributed by atoms with Crippen molar-refractivity contribution in [3.05, 3.63) is 96.3 Å². The van der Waals surface area contributed by atoms with E-state index in [0.29, 0.717) is 5.56 Å². The molecule has 0 spiro atoms. The SMILES string of the molecule is CC(Oc1cccc(OS(=O)(=O)c2ccccc2)c1)=C(C(=O)O)c1ccccc1. The number of hydrogen-bond donors (Lipinski definition) is 1. The van der Waals surface area contributed by atoms with E-state index < -0.39 is 16.1 Å². The third kappa shape index (κ3) is 5.03. The van der Waals surface area contributed by atoms with Crippen LogP contribution in [0.25, 0.3) is 5.57 Å². The average molecular weight is 410 g/mol. The lowest BCUT2D eigenvalue weighted by Gasteiger charge is -2.12. The lowest BCUT2D eigenvalue weighted by molar-refractivity contribution is -0.130. The maximum Gasteiger partial charge on any atom is 0.339 e. The van der Waals surface area contributed by atoms with Gasteiger partial charge in [-0.05, 0) is 36.8 Å². The first-order valence-electron chi connectivity index (χ1n) is 8.64. The number of hydrogen-bond acceptors (Lipinski definition) is 5. The van der Waals surface area contributed by atoms with Gasteiger partial charge in [-0.15, -0.1) is 0 Å². The van der Waals surface area contributed by atoms with Crippen LogP contribution in [0.5, 0.6) is 11.5 Å². The molecule has 0 aliphatic heterocycles. The van der Waals surface area contributed by atoms with Crippen LogP contribution in [0, 0.1) is 0 Å². The molecule has 0 fully saturated rings. The average Bonchev–Trinajstić information content (AvgIpc) is 2.69. The zero-order valence-electron chi connectivity index (χ0n) is 15.5. The van der Waals surface area contributed by atoms with Crippen LogP contribution in [-0.2, 0) is 14.9 Å². The summed E-state index contributed by atoms with van der Waals surface area (Å²) in [6.45, 7) is 1.53. The molecule has 0 atom stereocenters. The third-order valence-electron chi connectivity index (χ3n) is 3.94. The highest BCUT2D eigenvalue weighted by molar-refractivity contribution is 7.87. The summed E-state index contributed by atoms with van der Waals surface area (Å²) < 4.78 is 35.6. The number of aliphatic carboxylic acids is 1. The molecule has 0 aromatic heterocycles. The van der Waals surface area contributed by atoms with Crippen LogP contribution in [0.15, 0.2) is 95.6 Å². The van der Waals surface area contributed by atoms with Crippen molar-refractivity contribution in [2.45, 2.75) is 11.8 Å². The molecule has 0 unspecified atom stereocenters. The van der Waals surface area contributed by atoms with E-state index in [4.69, 9.17) is 8.92 Å². The summed E-state index contributed by atoms with van der Waals surface area (Å²) in [5, 5.41) is 9.57. The molecule has 0 amide bonds. The van der Waals surface area contributed by atoms with Gasteiger partial charge in [0.25, 0.3) is 0 Å². The molecule has 0 aliphatic carbocycles. The van der Waals surface area contributed by atoms with Gasteiger partial charge in [0.05, 0.1) is 0 Å². The Kier molecular flexibility index (Phi) is 5.99. The number of allylic oxidation sites excluding steroid dienone is 1. The van der Waals surface area contributed by atoms with Gasteiger partial charge in [0, 0.05) is 6.07 Å². The van der Waals surface area contributed by atoms with Crippen molar-refractivity contribution < 1.29 is 27.2 Å². The van der Waals surface area contributed by atoms with E-state index in [9.17, 15) is 18.3 Å². The van der Waals surface area contributed by atoms with Crippen molar-refractivity contribution in [2.75, 3.05) is 0 Å². The number of carboxylic acid groups (broad SMARTS) is 1. The fraction of sp³-hybridized carbons (Fsp3) is 0.0455. The first kappa shape index (κ1) is 20.2. The number of rotatable bonds is 7. The Labute approximate surface area is 168 Å². The molecule has 148 valence electrons. The van der Waals surface area contributed by atoms with Gasteiger partial charge in [0.15, 0.2) is 0 Å². The Bertz CT molecular complexity index is 1140. The van der Waals surface area contributed by atoms with Crippen molar-refractivity contribution in [1.29, 1.82) is 0 Å². The zero-order valence-corrected chi connectivity index (χ0v) is 16.3. The lowest BCUT2D eigenvalue weighted by atomic mass is 10.1. The predicted molar refractivity (Wildman–Crippen MR) is 108 cm³/mol. The molecule has 7 heteroatoms. The number of carbonyl (C=O) groups is 1. The highest BCUT2D eigenvalue weighted by Crippen LogP contribution is 2.27. The maximum absolute atomic E-state index is 12.4. The lowest BCUT2D eigenvalue weighted by Crippen LogP contribution is -2.09. The van der Waals surface area contributed by atoms with Gasteiger partial charge in [0.2, 0.25) is 0 Å². The standard InChI is InChI=1S/C22H18O6S/c1-16(21(22(23)24)17-9-4-2-5-10-17)27-18-11-8-12-19(15-18)28-29(25,26)20-13-6-3-7-14-20/h2-15H,1H3,(H,23,24). The van der Waals surface area contributed by atoms with Gasteiger partial charge in [-0.2, -0.15) is 8.42 Å². The fourth-order valence-electron chi connectivity index (χ4n) is 2.66. The second kappa shape index (κ2) is 8.62. The largest absolute Gasteiger partial charge is 0.478 e. The summed E-state index contributed by atoms with van der Waals surface area (Å²) in [4.78, 5) is 11.7. The van der Waals surface area contributed by atoms with Gasteiger partial charge in [-0.25, -0.2) is 4.79 Å². The van der Waals surface area contributed by atoms with Gasteiger partial charge >= 0.3 is 16.1 Å². The van der Waals surface area contributed by atoms with E-state index in [1.165, 1.54) is 31.2 Å². The van der Waals surface area contributed by atoms with Crippen molar-refractivity contribution >= 4 is 21.7 Å². The minimum Gasteiger partial charge on any atom is -0.478 e. The number of benzene rings is 3. The molecule has 29 heavy (non-hydrogen) atoms. The Morgan fingerprint density at radius 1 is 0.828 bits per heavy atom. The maximum atomic E-state index is 12.4. The molecule has 0 aliphatic rings. The van der Waals surface area contributed by atoms with Crippen LogP contribution in [-0.4, -0.2) is 19.5 Å². The van der Waals surface area contributed by atoms with Crippen molar-refractivity contribution in [1.82, 2.24) is 0 Å². The number of ether oxygens (including phenoxy) is 1. The summed E-state index contributed by atoms with van der Waals surface area (Å²) >= 11 is 0. The zero-order chi connectivity index (χ0) is 20.9. The fourth-order valence-corrected chi connectivity index (χ4v) is 3.61.